The van der Waals surface area contributed by atoms with Gasteiger partial charge in [0.1, 0.15) is 5.75 Å². The van der Waals surface area contributed by atoms with Crippen LogP contribution in [0.1, 0.15) is 22.8 Å². The number of halogens is 3. The Labute approximate surface area is 91.0 Å². The molecule has 1 rings (SSSR count). The largest absolute Gasteiger partial charge is 0.494 e. The van der Waals surface area contributed by atoms with Crippen LogP contribution in [0.15, 0.2) is 18.2 Å². The third kappa shape index (κ3) is 2.74. The molecule has 0 saturated heterocycles. The summed E-state index contributed by atoms with van der Waals surface area (Å²) in [4.78, 5) is 11.0. The Kier molecular flexibility index (Phi) is 3.57. The number of carbonyl (C=O) groups excluding carboxylic acids is 1. The fraction of sp³-hybridized carbons (Fsp3) is 0.364. The van der Waals surface area contributed by atoms with Crippen LogP contribution in [0.3, 0.4) is 0 Å². The van der Waals surface area contributed by atoms with Crippen LogP contribution >= 0.6 is 0 Å². The molecular weight excluding hydrogens is 221 g/mol. The number of rotatable bonds is 3. The lowest BCUT2D eigenvalue weighted by Crippen LogP contribution is -2.22. The molecule has 1 aromatic rings. The summed E-state index contributed by atoms with van der Waals surface area (Å²) in [7, 11) is 0. The van der Waals surface area contributed by atoms with Gasteiger partial charge in [-0.2, -0.15) is 13.2 Å². The highest BCUT2D eigenvalue weighted by molar-refractivity contribution is 6.00. The van der Waals surface area contributed by atoms with E-state index in [2.05, 4.69) is 0 Å². The lowest BCUT2D eigenvalue weighted by atomic mass is 10.1. The maximum Gasteiger partial charge on any atom is 0.454 e. The molecule has 0 amide bonds. The average molecular weight is 232 g/mol. The summed E-state index contributed by atoms with van der Waals surface area (Å²) in [6.45, 7) is 3.76. The third-order valence-corrected chi connectivity index (χ3v) is 2.01. The molecule has 88 valence electrons. The minimum atomic E-state index is -4.85. The maximum absolute atomic E-state index is 12.2. The summed E-state index contributed by atoms with van der Waals surface area (Å²) >= 11 is 0. The molecule has 0 spiro atoms. The number of aryl methyl sites for hydroxylation is 1. The number of benzene rings is 1. The number of hydrogen-bond acceptors (Lipinski definition) is 2. The summed E-state index contributed by atoms with van der Waals surface area (Å²) in [5.41, 5.74) is 0.294. The molecule has 0 saturated carbocycles. The van der Waals surface area contributed by atoms with E-state index in [0.717, 1.165) is 12.1 Å². The lowest BCUT2D eigenvalue weighted by Gasteiger charge is -2.10. The Balaban J connectivity index is 3.08. The fourth-order valence-corrected chi connectivity index (χ4v) is 1.22. The molecular formula is C11H11F3O2. The van der Waals surface area contributed by atoms with Gasteiger partial charge in [0, 0.05) is 5.56 Å². The van der Waals surface area contributed by atoms with Crippen molar-refractivity contribution in [2.45, 2.75) is 20.0 Å². The molecule has 5 heteroatoms. The van der Waals surface area contributed by atoms with Crippen LogP contribution in [0, 0.1) is 6.92 Å². The SMILES string of the molecule is CCOc1cc(C(=O)C(F)(F)F)ccc1C. The van der Waals surface area contributed by atoms with Crippen LogP contribution < -0.4 is 4.74 Å². The highest BCUT2D eigenvalue weighted by atomic mass is 19.4. The first-order valence-corrected chi connectivity index (χ1v) is 4.71. The van der Waals surface area contributed by atoms with Gasteiger partial charge < -0.3 is 4.74 Å². The summed E-state index contributed by atoms with van der Waals surface area (Å²) in [6, 6.07) is 3.70. The average Bonchev–Trinajstić information content (AvgIpc) is 2.19. The van der Waals surface area contributed by atoms with Gasteiger partial charge in [-0.3, -0.25) is 4.79 Å². The van der Waals surface area contributed by atoms with Crippen molar-refractivity contribution >= 4 is 5.78 Å². The van der Waals surface area contributed by atoms with Gasteiger partial charge in [0.15, 0.2) is 0 Å². The van der Waals surface area contributed by atoms with Crippen LogP contribution in [0.4, 0.5) is 13.2 Å². The van der Waals surface area contributed by atoms with Crippen LogP contribution in [0.2, 0.25) is 0 Å². The van der Waals surface area contributed by atoms with E-state index in [1.807, 2.05) is 0 Å². The molecule has 0 N–H and O–H groups in total. The third-order valence-electron chi connectivity index (χ3n) is 2.01. The second kappa shape index (κ2) is 4.55. The van der Waals surface area contributed by atoms with Gasteiger partial charge in [0.25, 0.3) is 5.78 Å². The van der Waals surface area contributed by atoms with Gasteiger partial charge in [0.2, 0.25) is 0 Å². The number of hydrogen-bond donors (Lipinski definition) is 0. The smallest absolute Gasteiger partial charge is 0.454 e. The van der Waals surface area contributed by atoms with Crippen LogP contribution in [0.5, 0.6) is 5.75 Å². The second-order valence-corrected chi connectivity index (χ2v) is 3.24. The molecule has 16 heavy (non-hydrogen) atoms. The van der Waals surface area contributed by atoms with E-state index in [1.54, 1.807) is 13.8 Å². The van der Waals surface area contributed by atoms with Crippen molar-refractivity contribution < 1.29 is 22.7 Å². The molecule has 0 atom stereocenters. The highest BCUT2D eigenvalue weighted by Gasteiger charge is 2.39. The van der Waals surface area contributed by atoms with E-state index in [1.165, 1.54) is 6.07 Å². The first kappa shape index (κ1) is 12.5. The van der Waals surface area contributed by atoms with Crippen LogP contribution in [0.25, 0.3) is 0 Å². The second-order valence-electron chi connectivity index (χ2n) is 3.24. The quantitative estimate of drug-likeness (QED) is 0.748. The van der Waals surface area contributed by atoms with Crippen molar-refractivity contribution in [3.8, 4) is 5.75 Å². The predicted molar refractivity (Wildman–Crippen MR) is 52.7 cm³/mol. The molecule has 0 aromatic heterocycles. The van der Waals surface area contributed by atoms with E-state index < -0.39 is 17.5 Å². The van der Waals surface area contributed by atoms with Crippen LogP contribution in [-0.2, 0) is 0 Å². The number of alkyl halides is 3. The standard InChI is InChI=1S/C11H11F3O2/c1-3-16-9-6-8(5-4-7(9)2)10(15)11(12,13)14/h4-6H,3H2,1-2H3. The molecule has 0 aliphatic carbocycles. The number of ketones is 1. The number of carbonyl (C=O) groups is 1. The fourth-order valence-electron chi connectivity index (χ4n) is 1.22. The van der Waals surface area contributed by atoms with E-state index in [4.69, 9.17) is 4.74 Å². The minimum Gasteiger partial charge on any atom is -0.494 e. The maximum atomic E-state index is 12.2. The first-order chi connectivity index (χ1) is 7.36. The van der Waals surface area contributed by atoms with Gasteiger partial charge in [0.05, 0.1) is 6.61 Å². The molecule has 0 aliphatic rings. The monoisotopic (exact) mass is 232 g/mol. The van der Waals surface area contributed by atoms with Crippen molar-refractivity contribution in [1.29, 1.82) is 0 Å². The van der Waals surface area contributed by atoms with Gasteiger partial charge >= 0.3 is 6.18 Å². The zero-order chi connectivity index (χ0) is 12.3. The Morgan fingerprint density at radius 1 is 1.38 bits per heavy atom. The van der Waals surface area contributed by atoms with E-state index >= 15 is 0 Å². The molecule has 1 aromatic carbocycles. The van der Waals surface area contributed by atoms with Gasteiger partial charge in [-0.25, -0.2) is 0 Å². The Bertz CT molecular complexity index is 397. The van der Waals surface area contributed by atoms with Crippen molar-refractivity contribution in [1.82, 2.24) is 0 Å². The van der Waals surface area contributed by atoms with Crippen molar-refractivity contribution in [2.24, 2.45) is 0 Å². The predicted octanol–water partition coefficient (Wildman–Crippen LogP) is 3.14. The Morgan fingerprint density at radius 3 is 2.50 bits per heavy atom. The molecule has 2 nitrogen and oxygen atoms in total. The van der Waals surface area contributed by atoms with Crippen molar-refractivity contribution in [3.05, 3.63) is 29.3 Å². The van der Waals surface area contributed by atoms with E-state index in [9.17, 15) is 18.0 Å². The van der Waals surface area contributed by atoms with E-state index in [0.29, 0.717) is 17.9 Å². The van der Waals surface area contributed by atoms with Crippen molar-refractivity contribution in [3.63, 3.8) is 0 Å². The molecule has 0 aliphatic heterocycles. The van der Waals surface area contributed by atoms with Gasteiger partial charge in [-0.05, 0) is 25.5 Å². The normalized spacial score (nSPS) is 11.3. The van der Waals surface area contributed by atoms with Crippen LogP contribution in [-0.4, -0.2) is 18.6 Å². The summed E-state index contributed by atoms with van der Waals surface area (Å²) in [5, 5.41) is 0. The lowest BCUT2D eigenvalue weighted by molar-refractivity contribution is -0.0885. The summed E-state index contributed by atoms with van der Waals surface area (Å²) in [5.74, 6) is -1.55. The first-order valence-electron chi connectivity index (χ1n) is 4.71. The molecule has 0 fully saturated rings. The minimum absolute atomic E-state index is 0.303. The van der Waals surface area contributed by atoms with E-state index in [-0.39, 0.29) is 0 Å². The van der Waals surface area contributed by atoms with Gasteiger partial charge in [-0.1, -0.05) is 12.1 Å². The van der Waals surface area contributed by atoms with Gasteiger partial charge in [-0.15, -0.1) is 0 Å². The summed E-state index contributed by atoms with van der Waals surface area (Å²) in [6.07, 6.45) is -4.85. The van der Waals surface area contributed by atoms with Crippen molar-refractivity contribution in [2.75, 3.05) is 6.61 Å². The molecule has 0 bridgehead atoms. The zero-order valence-electron chi connectivity index (χ0n) is 8.89. The molecule has 0 heterocycles. The summed E-state index contributed by atoms with van der Waals surface area (Å²) < 4.78 is 41.6. The zero-order valence-corrected chi connectivity index (χ0v) is 8.89. The number of ether oxygens (including phenoxy) is 1. The highest BCUT2D eigenvalue weighted by Crippen LogP contribution is 2.25. The molecule has 0 unspecified atom stereocenters. The molecule has 0 radical (unpaired) electrons. The Morgan fingerprint density at radius 2 is 2.00 bits per heavy atom. The Hall–Kier alpha value is -1.52. The topological polar surface area (TPSA) is 26.3 Å². The number of Topliss-reactive ketones (excluding diaryl/α,β-unsaturated/α-hetero) is 1.